The van der Waals surface area contributed by atoms with E-state index in [4.69, 9.17) is 0 Å². The van der Waals surface area contributed by atoms with Crippen LogP contribution in [-0.4, -0.2) is 27.2 Å². The molecule has 1 N–H and O–H groups in total. The molecule has 2 aromatic heterocycles. The van der Waals surface area contributed by atoms with E-state index in [-0.39, 0.29) is 5.91 Å². The van der Waals surface area contributed by atoms with Gasteiger partial charge in [-0.2, -0.15) is 5.10 Å². The summed E-state index contributed by atoms with van der Waals surface area (Å²) in [5.74, 6) is 0.0174. The molecule has 3 heterocycles. The Labute approximate surface area is 110 Å². The van der Waals surface area contributed by atoms with Gasteiger partial charge in [0, 0.05) is 36.6 Å². The molecule has 0 atom stereocenters. The quantitative estimate of drug-likeness (QED) is 0.768. The molecule has 1 aliphatic carbocycles. The third-order valence-corrected chi connectivity index (χ3v) is 3.90. The Morgan fingerprint density at radius 1 is 1.32 bits per heavy atom. The first-order chi connectivity index (χ1) is 9.34. The van der Waals surface area contributed by atoms with Crippen LogP contribution in [0, 0.1) is 0 Å². The summed E-state index contributed by atoms with van der Waals surface area (Å²) in [7, 11) is 0. The maximum atomic E-state index is 12.2. The second-order valence-electron chi connectivity index (χ2n) is 5.04. The van der Waals surface area contributed by atoms with Gasteiger partial charge in [0.15, 0.2) is 0 Å². The highest BCUT2D eigenvalue weighted by atomic mass is 16.2. The molecule has 0 bridgehead atoms. The van der Waals surface area contributed by atoms with Crippen molar-refractivity contribution in [1.29, 1.82) is 0 Å². The van der Waals surface area contributed by atoms with Gasteiger partial charge in [0.25, 0.3) is 5.91 Å². The van der Waals surface area contributed by atoms with Gasteiger partial charge < -0.3 is 5.32 Å². The van der Waals surface area contributed by atoms with E-state index < -0.39 is 0 Å². The minimum atomic E-state index is 0.0174. The van der Waals surface area contributed by atoms with Gasteiger partial charge in [-0.25, -0.2) is 0 Å². The lowest BCUT2D eigenvalue weighted by Crippen LogP contribution is -2.24. The number of carbonyl (C=O) groups is 1. The summed E-state index contributed by atoms with van der Waals surface area (Å²) in [6.45, 7) is 1.54. The number of nitrogens with one attached hydrogen (secondary N) is 1. The van der Waals surface area contributed by atoms with Gasteiger partial charge in [-0.05, 0) is 30.9 Å². The summed E-state index contributed by atoms with van der Waals surface area (Å²) in [4.78, 5) is 16.3. The van der Waals surface area contributed by atoms with Gasteiger partial charge in [0.05, 0.1) is 5.69 Å². The van der Waals surface area contributed by atoms with Crippen LogP contribution in [0.3, 0.4) is 0 Å². The monoisotopic (exact) mass is 254 g/mol. The van der Waals surface area contributed by atoms with Crippen molar-refractivity contribution in [2.75, 3.05) is 6.54 Å². The molecular weight excluding hydrogens is 240 g/mol. The molecule has 0 spiro atoms. The molecule has 0 aromatic carbocycles. The fourth-order valence-corrected chi connectivity index (χ4v) is 3.00. The summed E-state index contributed by atoms with van der Waals surface area (Å²) in [5, 5.41) is 7.62. The number of aryl methyl sites for hydroxylation is 2. The number of rotatable bonds is 0. The minimum absolute atomic E-state index is 0.0174. The lowest BCUT2D eigenvalue weighted by atomic mass is 9.90. The molecule has 19 heavy (non-hydrogen) atoms. The minimum Gasteiger partial charge on any atom is -0.351 e. The molecule has 0 radical (unpaired) electrons. The van der Waals surface area contributed by atoms with Crippen LogP contribution in [0.2, 0.25) is 0 Å². The van der Waals surface area contributed by atoms with Crippen LogP contribution >= 0.6 is 0 Å². The van der Waals surface area contributed by atoms with Crippen molar-refractivity contribution in [3.8, 4) is 11.3 Å². The van der Waals surface area contributed by atoms with E-state index >= 15 is 0 Å². The highest BCUT2D eigenvalue weighted by Crippen LogP contribution is 2.34. The van der Waals surface area contributed by atoms with E-state index in [1.54, 1.807) is 6.20 Å². The van der Waals surface area contributed by atoms with E-state index in [0.29, 0.717) is 0 Å². The Bertz CT molecular complexity index is 674. The number of aromatic nitrogens is 3. The largest absolute Gasteiger partial charge is 0.351 e. The van der Waals surface area contributed by atoms with Gasteiger partial charge in [-0.3, -0.25) is 14.5 Å². The van der Waals surface area contributed by atoms with E-state index in [1.165, 1.54) is 5.56 Å². The third-order valence-electron chi connectivity index (χ3n) is 3.90. The average molecular weight is 254 g/mol. The first-order valence-corrected chi connectivity index (χ1v) is 6.66. The molecule has 1 amide bonds. The van der Waals surface area contributed by atoms with Crippen molar-refractivity contribution >= 4 is 5.91 Å². The van der Waals surface area contributed by atoms with Crippen molar-refractivity contribution in [3.63, 3.8) is 0 Å². The first kappa shape index (κ1) is 10.7. The van der Waals surface area contributed by atoms with Crippen molar-refractivity contribution in [3.05, 3.63) is 35.3 Å². The van der Waals surface area contributed by atoms with Crippen molar-refractivity contribution in [2.24, 2.45) is 0 Å². The summed E-state index contributed by atoms with van der Waals surface area (Å²) in [6.07, 6.45) is 6.43. The molecule has 0 unspecified atom stereocenters. The van der Waals surface area contributed by atoms with Crippen LogP contribution in [-0.2, 0) is 19.4 Å². The fourth-order valence-electron chi connectivity index (χ4n) is 3.00. The molecular formula is C14H14N4O. The highest BCUT2D eigenvalue weighted by molar-refractivity contribution is 5.96. The van der Waals surface area contributed by atoms with Gasteiger partial charge in [0.1, 0.15) is 5.69 Å². The summed E-state index contributed by atoms with van der Waals surface area (Å²) < 4.78 is 1.88. The normalized spacial score (nSPS) is 16.9. The van der Waals surface area contributed by atoms with Gasteiger partial charge in [-0.15, -0.1) is 0 Å². The Morgan fingerprint density at radius 2 is 2.26 bits per heavy atom. The van der Waals surface area contributed by atoms with Crippen LogP contribution in [0.4, 0.5) is 0 Å². The fraction of sp³-hybridized carbons (Fsp3) is 0.357. The predicted octanol–water partition coefficient (Wildman–Crippen LogP) is 1.18. The lowest BCUT2D eigenvalue weighted by molar-refractivity contribution is 0.0949. The van der Waals surface area contributed by atoms with Crippen molar-refractivity contribution < 1.29 is 4.79 Å². The second-order valence-corrected chi connectivity index (χ2v) is 5.04. The van der Waals surface area contributed by atoms with Crippen molar-refractivity contribution in [1.82, 2.24) is 20.1 Å². The van der Waals surface area contributed by atoms with Crippen LogP contribution < -0.4 is 5.32 Å². The molecule has 4 rings (SSSR count). The molecule has 5 nitrogen and oxygen atoms in total. The molecule has 0 fully saturated rings. The number of nitrogens with zero attached hydrogens (tertiary/aromatic N) is 3. The third kappa shape index (κ3) is 1.51. The molecule has 2 aromatic rings. The predicted molar refractivity (Wildman–Crippen MR) is 69.8 cm³/mol. The zero-order valence-corrected chi connectivity index (χ0v) is 10.5. The molecule has 1 aliphatic heterocycles. The molecule has 0 saturated carbocycles. The van der Waals surface area contributed by atoms with E-state index in [2.05, 4.69) is 15.4 Å². The SMILES string of the molecule is O=C1NCCCn2nc3c(c21)CCc1cnccc1-3. The Morgan fingerprint density at radius 3 is 3.21 bits per heavy atom. The lowest BCUT2D eigenvalue weighted by Gasteiger charge is -2.14. The topological polar surface area (TPSA) is 59.8 Å². The Kier molecular flexibility index (Phi) is 2.21. The van der Waals surface area contributed by atoms with E-state index in [1.807, 2.05) is 16.9 Å². The van der Waals surface area contributed by atoms with Crippen LogP contribution in [0.5, 0.6) is 0 Å². The molecule has 0 saturated heterocycles. The van der Waals surface area contributed by atoms with Crippen LogP contribution in [0.25, 0.3) is 11.3 Å². The first-order valence-electron chi connectivity index (χ1n) is 6.66. The number of hydrogen-bond donors (Lipinski definition) is 1. The molecule has 2 aliphatic rings. The summed E-state index contributed by atoms with van der Waals surface area (Å²) >= 11 is 0. The number of hydrogen-bond acceptors (Lipinski definition) is 3. The molecule has 5 heteroatoms. The number of pyridine rings is 1. The van der Waals surface area contributed by atoms with Crippen LogP contribution in [0.1, 0.15) is 28.0 Å². The Hall–Kier alpha value is -2.17. The van der Waals surface area contributed by atoms with Gasteiger partial charge >= 0.3 is 0 Å². The zero-order valence-electron chi connectivity index (χ0n) is 10.5. The Balaban J connectivity index is 1.95. The maximum Gasteiger partial charge on any atom is 0.269 e. The van der Waals surface area contributed by atoms with Crippen LogP contribution in [0.15, 0.2) is 18.5 Å². The standard InChI is InChI=1S/C14H14N4O/c19-14-13-11-3-2-9-8-15-6-4-10(9)12(11)17-18(13)7-1-5-16-14/h4,6,8H,1-3,5,7H2,(H,16,19). The zero-order chi connectivity index (χ0) is 12.8. The number of amides is 1. The van der Waals surface area contributed by atoms with E-state index in [0.717, 1.165) is 54.9 Å². The second kappa shape index (κ2) is 3.91. The van der Waals surface area contributed by atoms with Crippen molar-refractivity contribution in [2.45, 2.75) is 25.8 Å². The number of carbonyl (C=O) groups excluding carboxylic acids is 1. The maximum absolute atomic E-state index is 12.2. The number of fused-ring (bicyclic) bond motifs is 5. The highest BCUT2D eigenvalue weighted by Gasteiger charge is 2.28. The smallest absolute Gasteiger partial charge is 0.269 e. The van der Waals surface area contributed by atoms with E-state index in [9.17, 15) is 4.79 Å². The summed E-state index contributed by atoms with van der Waals surface area (Å²) in [5.41, 5.74) is 5.18. The van der Waals surface area contributed by atoms with Gasteiger partial charge in [-0.1, -0.05) is 0 Å². The molecule has 96 valence electrons. The summed E-state index contributed by atoms with van der Waals surface area (Å²) in [6, 6.07) is 2.00. The average Bonchev–Trinajstić information content (AvgIpc) is 2.72. The van der Waals surface area contributed by atoms with Gasteiger partial charge in [0.2, 0.25) is 0 Å².